The lowest BCUT2D eigenvalue weighted by Gasteiger charge is -2.15. The number of thiophene rings is 1. The van der Waals surface area contributed by atoms with Crippen molar-refractivity contribution in [3.8, 4) is 0 Å². The highest BCUT2D eigenvalue weighted by molar-refractivity contribution is 9.10. The standard InChI is InChI=1S/C14H15BrClNS/c1-17-12(9-13-5-6-14(16)18-13)8-10-3-2-4-11(15)7-10/h2-7,12,17H,8-9H2,1H3. The second-order valence-electron chi connectivity index (χ2n) is 4.23. The van der Waals surface area contributed by atoms with Crippen molar-refractivity contribution >= 4 is 38.9 Å². The Kier molecular flexibility index (Phi) is 5.25. The van der Waals surface area contributed by atoms with Crippen LogP contribution in [0.25, 0.3) is 0 Å². The third-order valence-corrected chi connectivity index (χ3v) is 4.60. The Labute approximate surface area is 125 Å². The van der Waals surface area contributed by atoms with E-state index in [0.29, 0.717) is 6.04 Å². The molecule has 18 heavy (non-hydrogen) atoms. The molecule has 0 saturated carbocycles. The molecule has 1 aromatic heterocycles. The van der Waals surface area contributed by atoms with Crippen molar-refractivity contribution < 1.29 is 0 Å². The van der Waals surface area contributed by atoms with Gasteiger partial charge in [0.1, 0.15) is 0 Å². The summed E-state index contributed by atoms with van der Waals surface area (Å²) in [5, 5.41) is 3.38. The Bertz CT molecular complexity index is 512. The Morgan fingerprint density at radius 2 is 2.11 bits per heavy atom. The van der Waals surface area contributed by atoms with Crippen molar-refractivity contribution in [2.75, 3.05) is 7.05 Å². The second-order valence-corrected chi connectivity index (χ2v) is 6.94. The van der Waals surface area contributed by atoms with Crippen molar-refractivity contribution in [3.05, 3.63) is 55.6 Å². The fraction of sp³-hybridized carbons (Fsp3) is 0.286. The van der Waals surface area contributed by atoms with Gasteiger partial charge in [0.25, 0.3) is 0 Å². The zero-order valence-electron chi connectivity index (χ0n) is 10.1. The zero-order valence-corrected chi connectivity index (χ0v) is 13.3. The molecule has 0 aliphatic rings. The maximum Gasteiger partial charge on any atom is 0.0931 e. The third kappa shape index (κ3) is 4.09. The van der Waals surface area contributed by atoms with E-state index in [1.165, 1.54) is 10.4 Å². The lowest BCUT2D eigenvalue weighted by Crippen LogP contribution is -2.29. The summed E-state index contributed by atoms with van der Waals surface area (Å²) in [4.78, 5) is 1.33. The van der Waals surface area contributed by atoms with Crippen LogP contribution in [0.1, 0.15) is 10.4 Å². The van der Waals surface area contributed by atoms with Gasteiger partial charge in [0, 0.05) is 15.4 Å². The van der Waals surface area contributed by atoms with Crippen molar-refractivity contribution in [2.45, 2.75) is 18.9 Å². The molecule has 2 aromatic rings. The van der Waals surface area contributed by atoms with E-state index in [4.69, 9.17) is 11.6 Å². The SMILES string of the molecule is CNC(Cc1cccc(Br)c1)Cc1ccc(Cl)s1. The predicted molar refractivity (Wildman–Crippen MR) is 83.7 cm³/mol. The maximum atomic E-state index is 5.96. The first kappa shape index (κ1) is 14.1. The van der Waals surface area contributed by atoms with Crippen LogP contribution in [0.5, 0.6) is 0 Å². The number of rotatable bonds is 5. The zero-order chi connectivity index (χ0) is 13.0. The van der Waals surface area contributed by atoms with Crippen LogP contribution in [0, 0.1) is 0 Å². The first-order chi connectivity index (χ1) is 8.67. The van der Waals surface area contributed by atoms with Crippen LogP contribution < -0.4 is 5.32 Å². The quantitative estimate of drug-likeness (QED) is 0.840. The topological polar surface area (TPSA) is 12.0 Å². The van der Waals surface area contributed by atoms with Crippen molar-refractivity contribution in [2.24, 2.45) is 0 Å². The third-order valence-electron chi connectivity index (χ3n) is 2.86. The lowest BCUT2D eigenvalue weighted by molar-refractivity contribution is 0.560. The highest BCUT2D eigenvalue weighted by atomic mass is 79.9. The van der Waals surface area contributed by atoms with E-state index in [-0.39, 0.29) is 0 Å². The van der Waals surface area contributed by atoms with Crippen LogP contribution in [0.4, 0.5) is 0 Å². The number of hydrogen-bond acceptors (Lipinski definition) is 2. The number of benzene rings is 1. The van der Waals surface area contributed by atoms with Gasteiger partial charge in [-0.05, 0) is 49.7 Å². The monoisotopic (exact) mass is 343 g/mol. The summed E-state index contributed by atoms with van der Waals surface area (Å²) in [6, 6.07) is 13.0. The average Bonchev–Trinajstić information content (AvgIpc) is 2.74. The van der Waals surface area contributed by atoms with Gasteiger partial charge in [-0.25, -0.2) is 0 Å². The molecule has 0 aliphatic carbocycles. The molecule has 0 fully saturated rings. The summed E-state index contributed by atoms with van der Waals surface area (Å²) in [5.74, 6) is 0. The van der Waals surface area contributed by atoms with E-state index in [2.05, 4.69) is 51.6 Å². The molecule has 0 bridgehead atoms. The summed E-state index contributed by atoms with van der Waals surface area (Å²) in [7, 11) is 2.01. The molecule has 0 spiro atoms. The minimum atomic E-state index is 0.439. The first-order valence-electron chi connectivity index (χ1n) is 5.83. The van der Waals surface area contributed by atoms with Crippen LogP contribution in [-0.2, 0) is 12.8 Å². The van der Waals surface area contributed by atoms with E-state index >= 15 is 0 Å². The van der Waals surface area contributed by atoms with Crippen LogP contribution >= 0.6 is 38.9 Å². The van der Waals surface area contributed by atoms with Gasteiger partial charge in [0.05, 0.1) is 4.34 Å². The highest BCUT2D eigenvalue weighted by Crippen LogP contribution is 2.23. The molecule has 4 heteroatoms. The first-order valence-corrected chi connectivity index (χ1v) is 7.82. The fourth-order valence-electron chi connectivity index (χ4n) is 1.93. The molecule has 0 radical (unpaired) electrons. The lowest BCUT2D eigenvalue weighted by atomic mass is 10.0. The van der Waals surface area contributed by atoms with E-state index in [0.717, 1.165) is 21.7 Å². The van der Waals surface area contributed by atoms with Gasteiger partial charge < -0.3 is 5.32 Å². The van der Waals surface area contributed by atoms with Gasteiger partial charge in [0.2, 0.25) is 0 Å². The summed E-state index contributed by atoms with van der Waals surface area (Å²) in [5.41, 5.74) is 1.34. The van der Waals surface area contributed by atoms with Crippen LogP contribution in [0.3, 0.4) is 0 Å². The largest absolute Gasteiger partial charge is 0.316 e. The smallest absolute Gasteiger partial charge is 0.0931 e. The second kappa shape index (κ2) is 6.71. The number of halogens is 2. The van der Waals surface area contributed by atoms with Crippen LogP contribution in [-0.4, -0.2) is 13.1 Å². The molecule has 1 nitrogen and oxygen atoms in total. The van der Waals surface area contributed by atoms with Gasteiger partial charge >= 0.3 is 0 Å². The minimum absolute atomic E-state index is 0.439. The number of hydrogen-bond donors (Lipinski definition) is 1. The van der Waals surface area contributed by atoms with Gasteiger partial charge in [-0.2, -0.15) is 0 Å². The van der Waals surface area contributed by atoms with Gasteiger partial charge in [0.15, 0.2) is 0 Å². The molecule has 1 atom stereocenters. The Morgan fingerprint density at radius 1 is 1.28 bits per heavy atom. The molecular formula is C14H15BrClNS. The molecule has 0 aliphatic heterocycles. The van der Waals surface area contributed by atoms with Crippen molar-refractivity contribution in [1.82, 2.24) is 5.32 Å². The van der Waals surface area contributed by atoms with E-state index in [1.54, 1.807) is 11.3 Å². The average molecular weight is 345 g/mol. The van der Waals surface area contributed by atoms with Gasteiger partial charge in [-0.3, -0.25) is 0 Å². The van der Waals surface area contributed by atoms with Gasteiger partial charge in [-0.1, -0.05) is 39.7 Å². The summed E-state index contributed by atoms with van der Waals surface area (Å²) in [6.07, 6.45) is 2.03. The molecule has 0 saturated heterocycles. The Balaban J connectivity index is 2.01. The van der Waals surface area contributed by atoms with Crippen molar-refractivity contribution in [1.29, 1.82) is 0 Å². The normalized spacial score (nSPS) is 12.6. The molecule has 1 unspecified atom stereocenters. The Morgan fingerprint density at radius 3 is 2.72 bits per heavy atom. The maximum absolute atomic E-state index is 5.96. The van der Waals surface area contributed by atoms with Crippen molar-refractivity contribution in [3.63, 3.8) is 0 Å². The number of nitrogens with one attached hydrogen (secondary N) is 1. The molecular weight excluding hydrogens is 330 g/mol. The predicted octanol–water partition coefficient (Wildman–Crippen LogP) is 4.54. The van der Waals surface area contributed by atoms with E-state index < -0.39 is 0 Å². The summed E-state index contributed by atoms with van der Waals surface area (Å²) < 4.78 is 2.00. The molecule has 2 rings (SSSR count). The van der Waals surface area contributed by atoms with E-state index in [9.17, 15) is 0 Å². The molecule has 1 aromatic carbocycles. The fourth-order valence-corrected chi connectivity index (χ4v) is 3.54. The molecule has 1 heterocycles. The van der Waals surface area contributed by atoms with Crippen LogP contribution in [0.15, 0.2) is 40.9 Å². The van der Waals surface area contributed by atoms with Crippen LogP contribution in [0.2, 0.25) is 4.34 Å². The molecule has 96 valence electrons. The molecule has 1 N–H and O–H groups in total. The Hall–Kier alpha value is -0.350. The molecule has 0 amide bonds. The minimum Gasteiger partial charge on any atom is -0.316 e. The van der Waals surface area contributed by atoms with Gasteiger partial charge in [-0.15, -0.1) is 11.3 Å². The summed E-state index contributed by atoms with van der Waals surface area (Å²) >= 11 is 11.1. The highest BCUT2D eigenvalue weighted by Gasteiger charge is 2.10. The van der Waals surface area contributed by atoms with E-state index in [1.807, 2.05) is 13.1 Å². The summed E-state index contributed by atoms with van der Waals surface area (Å²) in [6.45, 7) is 0. The number of likely N-dealkylation sites (N-methyl/N-ethyl adjacent to an activating group) is 1.